The van der Waals surface area contributed by atoms with E-state index in [4.69, 9.17) is 4.99 Å². The first-order valence-corrected chi connectivity index (χ1v) is 11.3. The summed E-state index contributed by atoms with van der Waals surface area (Å²) in [6.07, 6.45) is 8.30. The molecule has 3 nitrogen and oxygen atoms in total. The van der Waals surface area contributed by atoms with Crippen molar-refractivity contribution in [1.29, 1.82) is 0 Å². The van der Waals surface area contributed by atoms with Crippen molar-refractivity contribution in [2.75, 3.05) is 20.1 Å². The molecule has 0 rings (SSSR count). The Morgan fingerprint density at radius 2 is 1.69 bits per heavy atom. The molecule has 2 atom stereocenters. The molecule has 0 aromatic rings. The maximum absolute atomic E-state index is 5.21. The van der Waals surface area contributed by atoms with E-state index in [2.05, 4.69) is 91.5 Å². The van der Waals surface area contributed by atoms with Gasteiger partial charge in [-0.3, -0.25) is 0 Å². The van der Waals surface area contributed by atoms with E-state index in [-0.39, 0.29) is 0 Å². The quantitative estimate of drug-likeness (QED) is 0.141. The van der Waals surface area contributed by atoms with Gasteiger partial charge in [-0.1, -0.05) is 38.0 Å². The molecule has 0 heterocycles. The van der Waals surface area contributed by atoms with Crippen LogP contribution in [0, 0.1) is 5.92 Å². The van der Waals surface area contributed by atoms with Crippen LogP contribution in [0.3, 0.4) is 0 Å². The Balaban J connectivity index is 6.26. The number of nitrogens with zero attached hydrogens (tertiary/aromatic N) is 3. The van der Waals surface area contributed by atoms with Crippen LogP contribution in [0.1, 0.15) is 81.1 Å². The molecule has 0 aromatic heterocycles. The molecule has 3 heteroatoms. The lowest BCUT2D eigenvalue weighted by Crippen LogP contribution is -2.40. The van der Waals surface area contributed by atoms with E-state index < -0.39 is 0 Å². The third-order valence-electron chi connectivity index (χ3n) is 5.88. The second-order valence-electron chi connectivity index (χ2n) is 8.29. The van der Waals surface area contributed by atoms with Crippen LogP contribution in [-0.2, 0) is 0 Å². The monoisotopic (exact) mass is 401 g/mol. The van der Waals surface area contributed by atoms with Crippen molar-refractivity contribution >= 4 is 5.84 Å². The smallest absolute Gasteiger partial charge is 0.102 e. The highest BCUT2D eigenvalue weighted by atomic mass is 15.2. The summed E-state index contributed by atoms with van der Waals surface area (Å²) in [5, 5.41) is 0. The lowest BCUT2D eigenvalue weighted by Gasteiger charge is -2.34. The number of allylic oxidation sites excluding steroid dienone is 4. The molecule has 0 saturated carbocycles. The van der Waals surface area contributed by atoms with Crippen LogP contribution in [0.5, 0.6) is 0 Å². The van der Waals surface area contributed by atoms with Crippen LogP contribution >= 0.6 is 0 Å². The van der Waals surface area contributed by atoms with Crippen molar-refractivity contribution < 1.29 is 0 Å². The molecule has 29 heavy (non-hydrogen) atoms. The van der Waals surface area contributed by atoms with E-state index in [1.54, 1.807) is 0 Å². The summed E-state index contributed by atoms with van der Waals surface area (Å²) >= 11 is 0. The van der Waals surface area contributed by atoms with Gasteiger partial charge in [0, 0.05) is 26.2 Å². The molecule has 0 N–H and O–H groups in total. The van der Waals surface area contributed by atoms with E-state index in [9.17, 15) is 0 Å². The summed E-state index contributed by atoms with van der Waals surface area (Å²) in [6.45, 7) is 27.7. The van der Waals surface area contributed by atoms with Gasteiger partial charge in [0.1, 0.15) is 5.84 Å². The Hall–Kier alpha value is -1.77. The van der Waals surface area contributed by atoms with E-state index >= 15 is 0 Å². The van der Waals surface area contributed by atoms with E-state index in [0.717, 1.165) is 43.9 Å². The second-order valence-corrected chi connectivity index (χ2v) is 8.29. The third-order valence-corrected chi connectivity index (χ3v) is 5.88. The lowest BCUT2D eigenvalue weighted by atomic mass is 9.99. The van der Waals surface area contributed by atoms with Gasteiger partial charge in [0.05, 0.1) is 11.4 Å². The zero-order valence-electron chi connectivity index (χ0n) is 20.8. The Morgan fingerprint density at radius 3 is 2.14 bits per heavy atom. The highest BCUT2D eigenvalue weighted by Crippen LogP contribution is 2.25. The number of hydrogen-bond acceptors (Lipinski definition) is 2. The van der Waals surface area contributed by atoms with Crippen LogP contribution in [-0.4, -0.2) is 41.8 Å². The van der Waals surface area contributed by atoms with Crippen LogP contribution in [0.25, 0.3) is 0 Å². The number of amidine groups is 1. The van der Waals surface area contributed by atoms with Crippen LogP contribution in [0.15, 0.2) is 52.8 Å². The molecule has 0 saturated heterocycles. The first-order valence-electron chi connectivity index (χ1n) is 11.3. The maximum atomic E-state index is 5.21. The van der Waals surface area contributed by atoms with Crippen molar-refractivity contribution in [3.63, 3.8) is 0 Å². The minimum Gasteiger partial charge on any atom is -0.373 e. The van der Waals surface area contributed by atoms with Crippen molar-refractivity contribution in [3.05, 3.63) is 47.9 Å². The van der Waals surface area contributed by atoms with Gasteiger partial charge in [-0.05, 0) is 72.3 Å². The first-order chi connectivity index (χ1) is 13.6. The lowest BCUT2D eigenvalue weighted by molar-refractivity contribution is 0.257. The number of aliphatic imine (C=N–C) groups is 1. The van der Waals surface area contributed by atoms with Gasteiger partial charge in [0.2, 0.25) is 0 Å². The van der Waals surface area contributed by atoms with Crippen molar-refractivity contribution in [1.82, 2.24) is 9.80 Å². The summed E-state index contributed by atoms with van der Waals surface area (Å²) in [7, 11) is 2.15. The van der Waals surface area contributed by atoms with Gasteiger partial charge in [-0.15, -0.1) is 13.2 Å². The predicted molar refractivity (Wildman–Crippen MR) is 132 cm³/mol. The number of rotatable bonds is 13. The zero-order chi connectivity index (χ0) is 22.6. The van der Waals surface area contributed by atoms with Gasteiger partial charge in [0.25, 0.3) is 0 Å². The SMILES string of the molecule is C=CC/C(C)=C(N=C(C)N(CC)C(C)C(C)CC)\C(=C/CCC(=C)C)N(C)CC. The van der Waals surface area contributed by atoms with Gasteiger partial charge in [-0.25, -0.2) is 4.99 Å². The molecule has 0 spiro atoms. The number of likely N-dealkylation sites (N-methyl/N-ethyl adjacent to an activating group) is 1. The summed E-state index contributed by atoms with van der Waals surface area (Å²) in [5.41, 5.74) is 4.77. The molecule has 0 aromatic carbocycles. The van der Waals surface area contributed by atoms with Gasteiger partial charge < -0.3 is 9.80 Å². The van der Waals surface area contributed by atoms with Gasteiger partial charge in [0.15, 0.2) is 0 Å². The highest BCUT2D eigenvalue weighted by Gasteiger charge is 2.20. The summed E-state index contributed by atoms with van der Waals surface area (Å²) in [5.74, 6) is 1.72. The van der Waals surface area contributed by atoms with Crippen molar-refractivity contribution in [2.24, 2.45) is 10.9 Å². The fourth-order valence-electron chi connectivity index (χ4n) is 3.43. The summed E-state index contributed by atoms with van der Waals surface area (Å²) in [4.78, 5) is 9.95. The molecule has 2 unspecified atom stereocenters. The molecule has 166 valence electrons. The maximum Gasteiger partial charge on any atom is 0.102 e. The van der Waals surface area contributed by atoms with E-state index in [1.165, 1.54) is 23.3 Å². The Bertz CT molecular complexity index is 609. The van der Waals surface area contributed by atoms with Crippen LogP contribution in [0.2, 0.25) is 0 Å². The molecule has 0 amide bonds. The molecular formula is C26H47N3. The van der Waals surface area contributed by atoms with Crippen LogP contribution in [0.4, 0.5) is 0 Å². The van der Waals surface area contributed by atoms with Crippen molar-refractivity contribution in [3.8, 4) is 0 Å². The fourth-order valence-corrected chi connectivity index (χ4v) is 3.43. The first kappa shape index (κ1) is 27.2. The Kier molecular flexibility index (Phi) is 13.4. The van der Waals surface area contributed by atoms with Gasteiger partial charge >= 0.3 is 0 Å². The summed E-state index contributed by atoms with van der Waals surface area (Å²) < 4.78 is 0. The molecule has 0 fully saturated rings. The molecular weight excluding hydrogens is 354 g/mol. The summed E-state index contributed by atoms with van der Waals surface area (Å²) in [6, 6.07) is 0.467. The highest BCUT2D eigenvalue weighted by molar-refractivity contribution is 5.81. The minimum atomic E-state index is 0.467. The fraction of sp³-hybridized carbons (Fsp3) is 0.654. The third kappa shape index (κ3) is 9.06. The standard InChI is InChI=1S/C26H47N3/c1-12-17-22(8)26(25(28(11)14-3)19-16-18-20(5)6)27-24(10)29(15-4)23(9)21(7)13-2/h12,19,21,23H,1,5,13-18H2,2-4,6-11H3/b25-19+,26-22+,27-24?. The largest absolute Gasteiger partial charge is 0.373 e. The molecule has 0 aliphatic heterocycles. The molecule has 0 bridgehead atoms. The van der Waals surface area contributed by atoms with Gasteiger partial charge in [-0.2, -0.15) is 0 Å². The topological polar surface area (TPSA) is 18.8 Å². The second kappa shape index (κ2) is 14.3. The Morgan fingerprint density at radius 1 is 1.07 bits per heavy atom. The molecule has 0 radical (unpaired) electrons. The number of hydrogen-bond donors (Lipinski definition) is 0. The van der Waals surface area contributed by atoms with Crippen LogP contribution < -0.4 is 0 Å². The average molecular weight is 402 g/mol. The average Bonchev–Trinajstić information content (AvgIpc) is 2.68. The zero-order valence-corrected chi connectivity index (χ0v) is 20.8. The van der Waals surface area contributed by atoms with Crippen molar-refractivity contribution in [2.45, 2.75) is 87.1 Å². The van der Waals surface area contributed by atoms with E-state index in [0.29, 0.717) is 12.0 Å². The minimum absolute atomic E-state index is 0.467. The predicted octanol–water partition coefficient (Wildman–Crippen LogP) is 7.20. The molecule has 0 aliphatic rings. The normalized spacial score (nSPS) is 15.5. The molecule has 0 aliphatic carbocycles. The Labute approximate surface area is 182 Å². The van der Waals surface area contributed by atoms with E-state index in [1.807, 2.05) is 6.08 Å².